The highest BCUT2D eigenvalue weighted by Crippen LogP contribution is 2.39. The Morgan fingerprint density at radius 3 is 2.56 bits per heavy atom. The maximum absolute atomic E-state index is 14.7. The van der Waals surface area contributed by atoms with Crippen LogP contribution in [0.1, 0.15) is 63.4 Å². The highest BCUT2D eigenvalue weighted by Gasteiger charge is 2.39. The van der Waals surface area contributed by atoms with Crippen LogP contribution in [-0.4, -0.2) is 59.3 Å². The molecule has 2 amide bonds. The predicted molar refractivity (Wildman–Crippen MR) is 177 cm³/mol. The van der Waals surface area contributed by atoms with E-state index >= 15 is 0 Å². The molecule has 0 aliphatic carbocycles. The zero-order valence-corrected chi connectivity index (χ0v) is 27.7. The van der Waals surface area contributed by atoms with E-state index in [0.29, 0.717) is 66.3 Å². The van der Waals surface area contributed by atoms with Gasteiger partial charge < -0.3 is 19.3 Å². The molecule has 2 aliphatic heterocycles. The summed E-state index contributed by atoms with van der Waals surface area (Å²) in [5.74, 6) is 1.75. The number of benzene rings is 2. The summed E-state index contributed by atoms with van der Waals surface area (Å²) in [6.07, 6.45) is 1.59. The average Bonchev–Trinajstić information content (AvgIpc) is 3.49. The molecule has 0 saturated carbocycles. The predicted octanol–water partition coefficient (Wildman–Crippen LogP) is 6.74. The lowest BCUT2D eigenvalue weighted by Crippen LogP contribution is -2.40. The molecule has 10 heteroatoms. The number of pyridine rings is 1. The fraction of sp³-hybridized carbons (Fsp3) is 0.457. The molecule has 240 valence electrons. The number of hydrogen-bond donors (Lipinski definition) is 1. The zero-order chi connectivity index (χ0) is 32.3. The van der Waals surface area contributed by atoms with Gasteiger partial charge in [-0.25, -0.2) is 9.37 Å². The van der Waals surface area contributed by atoms with Crippen molar-refractivity contribution in [2.45, 2.75) is 64.8 Å². The first-order chi connectivity index (χ1) is 21.4. The number of aromatic nitrogens is 1. The highest BCUT2D eigenvalue weighted by atomic mass is 32.2. The minimum absolute atomic E-state index is 0.000842. The van der Waals surface area contributed by atoms with E-state index in [-0.39, 0.29) is 22.6 Å². The van der Waals surface area contributed by atoms with Crippen molar-refractivity contribution in [3.63, 3.8) is 0 Å². The van der Waals surface area contributed by atoms with Crippen LogP contribution in [0.5, 0.6) is 11.5 Å². The summed E-state index contributed by atoms with van der Waals surface area (Å²) in [5.41, 5.74) is 2.34. The van der Waals surface area contributed by atoms with Crippen LogP contribution in [0.4, 0.5) is 10.2 Å². The number of nitrogens with zero attached hydrogens (tertiary/aromatic N) is 3. The summed E-state index contributed by atoms with van der Waals surface area (Å²) in [7, 11) is 1.62. The van der Waals surface area contributed by atoms with Crippen LogP contribution in [0.25, 0.3) is 11.3 Å². The Balaban J connectivity index is 1.34. The van der Waals surface area contributed by atoms with Gasteiger partial charge in [0.25, 0.3) is 5.91 Å². The fourth-order valence-electron chi connectivity index (χ4n) is 6.12. The third kappa shape index (κ3) is 7.72. The van der Waals surface area contributed by atoms with Gasteiger partial charge in [-0.1, -0.05) is 32.9 Å². The molecule has 2 unspecified atom stereocenters. The summed E-state index contributed by atoms with van der Waals surface area (Å²) in [5, 5.41) is -0.373. The van der Waals surface area contributed by atoms with Crippen LogP contribution in [-0.2, 0) is 11.3 Å². The second-order valence-electron chi connectivity index (χ2n) is 13.1. The fourth-order valence-corrected chi connectivity index (χ4v) is 6.95. The zero-order valence-electron chi connectivity index (χ0n) is 26.9. The SMILES string of the molecule is COc1ccc(CN2CCC(SNC(=O)c3ccc(-c4cc(F)cc(OCC(C)C)c4)nc3N3CC(C)CC3(C)C)C2=O)cc1. The number of nitrogens with one attached hydrogen (secondary N) is 1. The van der Waals surface area contributed by atoms with E-state index in [9.17, 15) is 14.0 Å². The van der Waals surface area contributed by atoms with Gasteiger partial charge in [0.2, 0.25) is 5.91 Å². The summed E-state index contributed by atoms with van der Waals surface area (Å²) in [6, 6.07) is 15.8. The molecular formula is C35H43FN4O4S. The number of carbonyl (C=O) groups is 2. The minimum atomic E-state index is -0.412. The highest BCUT2D eigenvalue weighted by molar-refractivity contribution is 7.99. The molecule has 5 rings (SSSR count). The van der Waals surface area contributed by atoms with Gasteiger partial charge >= 0.3 is 0 Å². The van der Waals surface area contributed by atoms with E-state index in [1.54, 1.807) is 25.3 Å². The van der Waals surface area contributed by atoms with Gasteiger partial charge in [-0.2, -0.15) is 0 Å². The van der Waals surface area contributed by atoms with Crippen LogP contribution >= 0.6 is 11.9 Å². The van der Waals surface area contributed by atoms with Gasteiger partial charge in [-0.15, -0.1) is 0 Å². The number of rotatable bonds is 11. The van der Waals surface area contributed by atoms with E-state index in [4.69, 9.17) is 14.5 Å². The molecule has 8 nitrogen and oxygen atoms in total. The number of ether oxygens (including phenoxy) is 2. The molecule has 0 spiro atoms. The Morgan fingerprint density at radius 2 is 1.89 bits per heavy atom. The quantitative estimate of drug-likeness (QED) is 0.234. The standard InChI is InChI=1S/C35H43FN4O4S/c1-22(2)21-44-28-16-25(15-26(36)17-28)30-12-11-29(32(37-30)40-19-23(3)18-35(40,4)5)33(41)38-45-31-13-14-39(34(31)42)20-24-7-9-27(43-6)10-8-24/h7-12,15-17,22-23,31H,13-14,18-21H2,1-6H3,(H,38,41). The average molecular weight is 635 g/mol. The first kappa shape index (κ1) is 32.6. The first-order valence-corrected chi connectivity index (χ1v) is 16.4. The van der Waals surface area contributed by atoms with E-state index in [1.807, 2.05) is 43.0 Å². The third-order valence-corrected chi connectivity index (χ3v) is 9.30. The van der Waals surface area contributed by atoms with Crippen molar-refractivity contribution < 1.29 is 23.5 Å². The largest absolute Gasteiger partial charge is 0.497 e. The second-order valence-corrected chi connectivity index (χ2v) is 14.1. The molecule has 1 aromatic heterocycles. The maximum atomic E-state index is 14.7. The van der Waals surface area contributed by atoms with Crippen LogP contribution < -0.4 is 19.1 Å². The van der Waals surface area contributed by atoms with Gasteiger partial charge in [-0.3, -0.25) is 14.3 Å². The summed E-state index contributed by atoms with van der Waals surface area (Å²) in [4.78, 5) is 35.9. The minimum Gasteiger partial charge on any atom is -0.497 e. The third-order valence-electron chi connectivity index (χ3n) is 8.27. The van der Waals surface area contributed by atoms with Crippen molar-refractivity contribution in [3.8, 4) is 22.8 Å². The molecule has 2 aromatic carbocycles. The number of carbonyl (C=O) groups excluding carboxylic acids is 2. The van der Waals surface area contributed by atoms with Crippen molar-refractivity contribution in [2.75, 3.05) is 31.7 Å². The van der Waals surface area contributed by atoms with Crippen molar-refractivity contribution in [1.29, 1.82) is 0 Å². The first-order valence-electron chi connectivity index (χ1n) is 15.5. The normalized spacial score (nSPS) is 19.3. The number of methoxy groups -OCH3 is 1. The van der Waals surface area contributed by atoms with Gasteiger partial charge in [0.05, 0.1) is 25.0 Å². The lowest BCUT2D eigenvalue weighted by atomic mass is 9.97. The van der Waals surface area contributed by atoms with Crippen molar-refractivity contribution in [3.05, 3.63) is 71.5 Å². The van der Waals surface area contributed by atoms with Crippen LogP contribution in [0.3, 0.4) is 0 Å². The van der Waals surface area contributed by atoms with E-state index < -0.39 is 5.82 Å². The van der Waals surface area contributed by atoms with Crippen molar-refractivity contribution in [2.24, 2.45) is 11.8 Å². The molecule has 2 fully saturated rings. The Hall–Kier alpha value is -3.79. The number of likely N-dealkylation sites (tertiary alicyclic amines) is 1. The molecule has 45 heavy (non-hydrogen) atoms. The van der Waals surface area contributed by atoms with Crippen LogP contribution in [0.2, 0.25) is 0 Å². The smallest absolute Gasteiger partial charge is 0.264 e. The Labute approximate surface area is 269 Å². The van der Waals surface area contributed by atoms with Gasteiger partial charge in [0, 0.05) is 36.8 Å². The lowest BCUT2D eigenvalue weighted by molar-refractivity contribution is -0.127. The molecule has 3 aromatic rings. The number of hydrogen-bond acceptors (Lipinski definition) is 7. The second kappa shape index (κ2) is 13.7. The molecule has 3 heterocycles. The molecular weight excluding hydrogens is 591 g/mol. The monoisotopic (exact) mass is 634 g/mol. The molecule has 1 N–H and O–H groups in total. The van der Waals surface area contributed by atoms with Crippen LogP contribution in [0, 0.1) is 17.7 Å². The molecule has 0 radical (unpaired) electrons. The molecule has 0 bridgehead atoms. The Bertz CT molecular complexity index is 1530. The Morgan fingerprint density at radius 1 is 1.13 bits per heavy atom. The Kier molecular flexibility index (Phi) is 9.91. The molecule has 2 atom stereocenters. The van der Waals surface area contributed by atoms with Crippen molar-refractivity contribution in [1.82, 2.24) is 14.6 Å². The molecule has 2 saturated heterocycles. The lowest BCUT2D eigenvalue weighted by Gasteiger charge is -2.34. The number of amides is 2. The molecule has 2 aliphatic rings. The summed E-state index contributed by atoms with van der Waals surface area (Å²) < 4.78 is 28.6. The number of anilines is 1. The maximum Gasteiger partial charge on any atom is 0.264 e. The van der Waals surface area contributed by atoms with Gasteiger partial charge in [-0.05, 0) is 92.4 Å². The number of halogens is 1. The van der Waals surface area contributed by atoms with Gasteiger partial charge in [0.1, 0.15) is 28.4 Å². The summed E-state index contributed by atoms with van der Waals surface area (Å²) >= 11 is 1.16. The van der Waals surface area contributed by atoms with Crippen LogP contribution in [0.15, 0.2) is 54.6 Å². The van der Waals surface area contributed by atoms with E-state index in [1.165, 1.54) is 12.1 Å². The van der Waals surface area contributed by atoms with Gasteiger partial charge in [0.15, 0.2) is 0 Å². The van der Waals surface area contributed by atoms with Crippen molar-refractivity contribution >= 4 is 29.6 Å². The van der Waals surface area contributed by atoms with E-state index in [0.717, 1.165) is 36.2 Å². The topological polar surface area (TPSA) is 84.0 Å². The van der Waals surface area contributed by atoms with E-state index in [2.05, 4.69) is 30.4 Å². The summed E-state index contributed by atoms with van der Waals surface area (Å²) in [6.45, 7) is 12.9.